The smallest absolute Gasteiger partial charge is 0.254 e. The minimum Gasteiger partial charge on any atom is -0.351 e. The summed E-state index contributed by atoms with van der Waals surface area (Å²) in [6, 6.07) is 3.61. The van der Waals surface area contributed by atoms with E-state index in [4.69, 9.17) is 11.6 Å². The van der Waals surface area contributed by atoms with E-state index in [9.17, 15) is 10.1 Å². The molecule has 92 valence electrons. The van der Waals surface area contributed by atoms with E-state index in [2.05, 4.69) is 15.3 Å². The number of aliphatic imine (C=N–C) groups is 1. The molecule has 0 radical (unpaired) electrons. The maximum absolute atomic E-state index is 10.3. The van der Waals surface area contributed by atoms with Crippen molar-refractivity contribution in [2.24, 2.45) is 4.99 Å². The molecule has 1 aromatic heterocycles. The molecule has 1 aromatic rings. The van der Waals surface area contributed by atoms with Gasteiger partial charge in [0.05, 0.1) is 6.54 Å². The van der Waals surface area contributed by atoms with Crippen LogP contribution in [0.3, 0.4) is 0 Å². The van der Waals surface area contributed by atoms with Crippen LogP contribution in [0.5, 0.6) is 0 Å². The van der Waals surface area contributed by atoms with E-state index in [-0.39, 0.29) is 5.96 Å². The fraction of sp³-hybridized carbons (Fsp3) is 0.333. The van der Waals surface area contributed by atoms with Crippen LogP contribution in [0.25, 0.3) is 0 Å². The number of aromatic nitrogens is 1. The summed E-state index contributed by atoms with van der Waals surface area (Å²) in [5.41, 5.74) is 2.83. The second-order valence-electron chi connectivity index (χ2n) is 3.01. The molecule has 0 aromatic carbocycles. The Balaban J connectivity index is 2.58. The van der Waals surface area contributed by atoms with Crippen LogP contribution in [0.1, 0.15) is 5.56 Å². The molecule has 0 atom stereocenters. The first-order chi connectivity index (χ1) is 8.22. The second kappa shape index (κ2) is 7.39. The number of halogens is 1. The Kier molecular flexibility index (Phi) is 5.73. The lowest BCUT2D eigenvalue weighted by Gasteiger charge is -2.04. The number of hydrogen-bond acceptors (Lipinski definition) is 4. The van der Waals surface area contributed by atoms with E-state index in [0.717, 1.165) is 5.56 Å². The number of pyridine rings is 1. The number of nitro groups is 1. The van der Waals surface area contributed by atoms with Crippen LogP contribution >= 0.6 is 11.6 Å². The third-order valence-corrected chi connectivity index (χ3v) is 1.92. The highest BCUT2D eigenvalue weighted by atomic mass is 35.5. The van der Waals surface area contributed by atoms with Gasteiger partial charge in [-0.05, 0) is 11.6 Å². The summed E-state index contributed by atoms with van der Waals surface area (Å²) < 4.78 is 0. The highest BCUT2D eigenvalue weighted by Gasteiger charge is 2.03. The standard InChI is InChI=1S/C9H12ClN5O2/c10-3-5-12-9(14-15(16)17)13-7-8-2-1-4-11-6-8/h1-2,4,6H,3,5,7H2,(H2,12,13,14). The molecule has 1 heterocycles. The van der Waals surface area contributed by atoms with Gasteiger partial charge in [-0.15, -0.1) is 11.6 Å². The van der Waals surface area contributed by atoms with Gasteiger partial charge in [0.15, 0.2) is 5.03 Å². The van der Waals surface area contributed by atoms with Crippen molar-refractivity contribution in [3.05, 3.63) is 40.2 Å². The van der Waals surface area contributed by atoms with Gasteiger partial charge >= 0.3 is 0 Å². The Morgan fingerprint density at radius 2 is 2.47 bits per heavy atom. The fourth-order valence-electron chi connectivity index (χ4n) is 1.04. The first-order valence-corrected chi connectivity index (χ1v) is 5.40. The Morgan fingerprint density at radius 3 is 3.06 bits per heavy atom. The monoisotopic (exact) mass is 257 g/mol. The van der Waals surface area contributed by atoms with Crippen LogP contribution in [-0.2, 0) is 6.54 Å². The van der Waals surface area contributed by atoms with Crippen LogP contribution in [0.15, 0.2) is 29.5 Å². The van der Waals surface area contributed by atoms with E-state index >= 15 is 0 Å². The van der Waals surface area contributed by atoms with Crippen molar-refractivity contribution in [3.63, 3.8) is 0 Å². The largest absolute Gasteiger partial charge is 0.351 e. The van der Waals surface area contributed by atoms with Crippen LogP contribution in [0, 0.1) is 10.1 Å². The lowest BCUT2D eigenvalue weighted by atomic mass is 10.3. The quantitative estimate of drug-likeness (QED) is 0.264. The number of nitrogens with zero attached hydrogens (tertiary/aromatic N) is 3. The molecule has 17 heavy (non-hydrogen) atoms. The maximum Gasteiger partial charge on any atom is 0.254 e. The molecule has 8 heteroatoms. The van der Waals surface area contributed by atoms with Gasteiger partial charge in [-0.25, -0.2) is 15.1 Å². The van der Waals surface area contributed by atoms with E-state index in [1.807, 2.05) is 11.5 Å². The minimum absolute atomic E-state index is 0.0829. The normalized spacial score (nSPS) is 11.0. The summed E-state index contributed by atoms with van der Waals surface area (Å²) in [7, 11) is 0. The second-order valence-corrected chi connectivity index (χ2v) is 3.39. The fourth-order valence-corrected chi connectivity index (χ4v) is 1.14. The molecule has 0 spiro atoms. The Morgan fingerprint density at radius 1 is 1.65 bits per heavy atom. The Labute approximate surface area is 103 Å². The zero-order chi connectivity index (χ0) is 12.5. The van der Waals surface area contributed by atoms with Crippen molar-refractivity contribution in [1.82, 2.24) is 15.7 Å². The van der Waals surface area contributed by atoms with Gasteiger partial charge in [0.1, 0.15) is 0 Å². The summed E-state index contributed by atoms with van der Waals surface area (Å²) in [6.07, 6.45) is 3.30. The molecule has 0 saturated heterocycles. The van der Waals surface area contributed by atoms with Gasteiger partial charge in [-0.2, -0.15) is 0 Å². The molecular weight excluding hydrogens is 246 g/mol. The summed E-state index contributed by atoms with van der Waals surface area (Å²) >= 11 is 5.47. The van der Waals surface area contributed by atoms with Crippen LogP contribution in [0.2, 0.25) is 0 Å². The molecule has 1 rings (SSSR count). The van der Waals surface area contributed by atoms with Gasteiger partial charge in [0.2, 0.25) is 0 Å². The zero-order valence-corrected chi connectivity index (χ0v) is 9.72. The number of rotatable bonds is 5. The third kappa shape index (κ3) is 5.67. The maximum atomic E-state index is 10.3. The molecule has 0 aliphatic heterocycles. The van der Waals surface area contributed by atoms with Crippen molar-refractivity contribution >= 4 is 17.6 Å². The van der Waals surface area contributed by atoms with E-state index in [1.165, 1.54) is 0 Å². The molecular formula is C9H12ClN5O2. The summed E-state index contributed by atoms with van der Waals surface area (Å²) in [5.74, 6) is 0.421. The van der Waals surface area contributed by atoms with Gasteiger partial charge in [0, 0.05) is 24.8 Å². The van der Waals surface area contributed by atoms with Crippen molar-refractivity contribution in [3.8, 4) is 0 Å². The Hall–Kier alpha value is -1.89. The van der Waals surface area contributed by atoms with Crippen LogP contribution < -0.4 is 10.7 Å². The molecule has 0 saturated carbocycles. The molecule has 0 aliphatic carbocycles. The summed E-state index contributed by atoms with van der Waals surface area (Å²) in [5, 5.41) is 12.4. The average Bonchev–Trinajstić information content (AvgIpc) is 2.33. The molecule has 7 nitrogen and oxygen atoms in total. The highest BCUT2D eigenvalue weighted by Crippen LogP contribution is 1.97. The lowest BCUT2D eigenvalue weighted by Crippen LogP contribution is -2.41. The first-order valence-electron chi connectivity index (χ1n) is 4.86. The zero-order valence-electron chi connectivity index (χ0n) is 8.97. The number of hydrazine groups is 1. The lowest BCUT2D eigenvalue weighted by molar-refractivity contribution is -0.525. The molecule has 0 bridgehead atoms. The highest BCUT2D eigenvalue weighted by molar-refractivity contribution is 6.18. The molecule has 0 amide bonds. The van der Waals surface area contributed by atoms with E-state index in [0.29, 0.717) is 19.0 Å². The van der Waals surface area contributed by atoms with E-state index in [1.54, 1.807) is 18.5 Å². The topological polar surface area (TPSA) is 92.5 Å². The van der Waals surface area contributed by atoms with Gasteiger partial charge in [0.25, 0.3) is 5.96 Å². The van der Waals surface area contributed by atoms with Gasteiger partial charge in [-0.1, -0.05) is 11.5 Å². The predicted molar refractivity (Wildman–Crippen MR) is 64.2 cm³/mol. The first kappa shape index (κ1) is 13.2. The summed E-state index contributed by atoms with van der Waals surface area (Å²) in [4.78, 5) is 18.3. The molecule has 0 fully saturated rings. The predicted octanol–water partition coefficient (Wildman–Crippen LogP) is 0.547. The number of alkyl halides is 1. The molecule has 2 N–H and O–H groups in total. The summed E-state index contributed by atoms with van der Waals surface area (Å²) in [6.45, 7) is 0.702. The number of guanidine groups is 1. The third-order valence-electron chi connectivity index (χ3n) is 1.73. The average molecular weight is 258 g/mol. The number of hydrogen-bond donors (Lipinski definition) is 2. The van der Waals surface area contributed by atoms with Crippen molar-refractivity contribution < 1.29 is 5.03 Å². The van der Waals surface area contributed by atoms with Crippen molar-refractivity contribution in [1.29, 1.82) is 0 Å². The van der Waals surface area contributed by atoms with Crippen molar-refractivity contribution in [2.45, 2.75) is 6.54 Å². The van der Waals surface area contributed by atoms with Gasteiger partial charge < -0.3 is 5.32 Å². The molecule has 0 unspecified atom stereocenters. The van der Waals surface area contributed by atoms with Crippen LogP contribution in [0.4, 0.5) is 0 Å². The van der Waals surface area contributed by atoms with Crippen molar-refractivity contribution in [2.75, 3.05) is 12.4 Å². The van der Waals surface area contributed by atoms with E-state index < -0.39 is 5.03 Å². The van der Waals surface area contributed by atoms with Gasteiger partial charge in [-0.3, -0.25) is 4.98 Å². The molecule has 0 aliphatic rings. The number of nitrogens with one attached hydrogen (secondary N) is 2. The Bertz CT molecular complexity index is 384. The van der Waals surface area contributed by atoms with Crippen LogP contribution in [-0.4, -0.2) is 28.4 Å². The SMILES string of the molecule is O=[N+]([O-])NC(=NCc1cccnc1)NCCCl. The minimum atomic E-state index is -0.677.